The Balaban J connectivity index is 1.58. The summed E-state index contributed by atoms with van der Waals surface area (Å²) in [5.41, 5.74) is 1.91. The molecule has 0 bridgehead atoms. The van der Waals surface area contributed by atoms with Gasteiger partial charge in [0.15, 0.2) is 5.79 Å². The average Bonchev–Trinajstić information content (AvgIpc) is 3.33. The summed E-state index contributed by atoms with van der Waals surface area (Å²) in [5, 5.41) is 0. The summed E-state index contributed by atoms with van der Waals surface area (Å²) < 4.78 is 23.0. The van der Waals surface area contributed by atoms with Crippen LogP contribution in [-0.2, 0) is 18.9 Å². The van der Waals surface area contributed by atoms with Gasteiger partial charge in [0.25, 0.3) is 0 Å². The van der Waals surface area contributed by atoms with Crippen LogP contribution in [0.5, 0.6) is 0 Å². The Morgan fingerprint density at radius 3 is 2.56 bits per heavy atom. The van der Waals surface area contributed by atoms with Gasteiger partial charge in [0.1, 0.15) is 11.0 Å². The smallest absolute Gasteiger partial charge is 0.414 e. The molecule has 1 aliphatic heterocycles. The molecule has 2 atom stereocenters. The largest absolute Gasteiger partial charge is 0.465 e. The van der Waals surface area contributed by atoms with E-state index < -0.39 is 17.8 Å². The molecule has 1 saturated carbocycles. The fourth-order valence-corrected chi connectivity index (χ4v) is 5.80. The molecule has 2 unspecified atom stereocenters. The summed E-state index contributed by atoms with van der Waals surface area (Å²) in [5.74, 6) is -0.983. The summed E-state index contributed by atoms with van der Waals surface area (Å²) in [7, 11) is 1.36. The number of anilines is 1. The van der Waals surface area contributed by atoms with Gasteiger partial charge in [-0.25, -0.2) is 9.59 Å². The highest BCUT2D eigenvalue weighted by Gasteiger charge is 2.45. The first-order valence-electron chi connectivity index (χ1n) is 11.5. The first-order chi connectivity index (χ1) is 15.3. The van der Waals surface area contributed by atoms with E-state index in [-0.39, 0.29) is 18.2 Å². The van der Waals surface area contributed by atoms with Crippen molar-refractivity contribution in [2.45, 2.75) is 89.8 Å². The van der Waals surface area contributed by atoms with Crippen LogP contribution >= 0.6 is 11.3 Å². The number of carbonyl (C=O) groups is 2. The van der Waals surface area contributed by atoms with Crippen molar-refractivity contribution in [1.29, 1.82) is 0 Å². The fourth-order valence-electron chi connectivity index (χ4n) is 4.88. The van der Waals surface area contributed by atoms with Gasteiger partial charge in [0.05, 0.1) is 25.5 Å². The standard InChI is InChI=1S/C24H33NO6S/c1-15-5-7-19(8-6-15)30-23(27)25(20-13-17(3)32-21(20)22(26)28-4)18-9-11-24(12-10-18)29-14-16(2)31-24/h5,13,16,18-19H,6-12,14H2,1-4H3. The van der Waals surface area contributed by atoms with Crippen LogP contribution < -0.4 is 4.90 Å². The van der Waals surface area contributed by atoms with Gasteiger partial charge in [0.2, 0.25) is 0 Å². The van der Waals surface area contributed by atoms with E-state index in [4.69, 9.17) is 18.9 Å². The van der Waals surface area contributed by atoms with Crippen LogP contribution in [0.2, 0.25) is 0 Å². The van der Waals surface area contributed by atoms with E-state index in [1.165, 1.54) is 24.0 Å². The number of methoxy groups -OCH3 is 1. The van der Waals surface area contributed by atoms with Crippen molar-refractivity contribution < 1.29 is 28.5 Å². The van der Waals surface area contributed by atoms with Gasteiger partial charge in [-0.05, 0) is 52.5 Å². The van der Waals surface area contributed by atoms with Gasteiger partial charge < -0.3 is 18.9 Å². The molecule has 0 radical (unpaired) electrons. The molecular formula is C24H33NO6S. The number of thiophene rings is 1. The topological polar surface area (TPSA) is 74.3 Å². The number of esters is 1. The molecule has 3 aliphatic rings. The third-order valence-electron chi connectivity index (χ3n) is 6.60. The minimum absolute atomic E-state index is 0.0841. The molecule has 0 aromatic carbocycles. The van der Waals surface area contributed by atoms with E-state index in [2.05, 4.69) is 13.0 Å². The number of carbonyl (C=O) groups excluding carboxylic acids is 2. The predicted molar refractivity (Wildman–Crippen MR) is 122 cm³/mol. The zero-order chi connectivity index (χ0) is 22.9. The molecule has 1 aromatic heterocycles. The van der Waals surface area contributed by atoms with Gasteiger partial charge >= 0.3 is 12.1 Å². The summed E-state index contributed by atoms with van der Waals surface area (Å²) in [6.07, 6.45) is 6.99. The van der Waals surface area contributed by atoms with E-state index in [9.17, 15) is 9.59 Å². The van der Waals surface area contributed by atoms with Crippen LogP contribution in [0.25, 0.3) is 0 Å². The quantitative estimate of drug-likeness (QED) is 0.442. The Morgan fingerprint density at radius 2 is 1.97 bits per heavy atom. The van der Waals surface area contributed by atoms with E-state index >= 15 is 0 Å². The van der Waals surface area contributed by atoms with E-state index in [1.807, 2.05) is 19.9 Å². The molecule has 1 aromatic rings. The van der Waals surface area contributed by atoms with Crippen LogP contribution in [0.15, 0.2) is 17.7 Å². The zero-order valence-electron chi connectivity index (χ0n) is 19.3. The summed E-state index contributed by atoms with van der Waals surface area (Å²) >= 11 is 1.34. The maximum Gasteiger partial charge on any atom is 0.414 e. The Kier molecular flexibility index (Phi) is 6.93. The summed E-state index contributed by atoms with van der Waals surface area (Å²) in [6.45, 7) is 6.64. The monoisotopic (exact) mass is 463 g/mol. The van der Waals surface area contributed by atoms with Crippen molar-refractivity contribution in [3.8, 4) is 0 Å². The Bertz CT molecular complexity index is 885. The third kappa shape index (κ3) is 4.87. The third-order valence-corrected chi connectivity index (χ3v) is 7.62. The minimum Gasteiger partial charge on any atom is -0.465 e. The number of nitrogens with zero attached hydrogens (tertiary/aromatic N) is 1. The lowest BCUT2D eigenvalue weighted by Crippen LogP contribution is -2.48. The van der Waals surface area contributed by atoms with Crippen LogP contribution in [-0.4, -0.2) is 49.8 Å². The highest BCUT2D eigenvalue weighted by molar-refractivity contribution is 7.14. The number of rotatable bonds is 4. The second kappa shape index (κ2) is 9.53. The molecule has 1 amide bonds. The molecule has 4 rings (SSSR count). The first kappa shape index (κ1) is 23.3. The van der Waals surface area contributed by atoms with Gasteiger partial charge in [-0.3, -0.25) is 4.90 Å². The first-order valence-corrected chi connectivity index (χ1v) is 12.3. The van der Waals surface area contributed by atoms with Crippen molar-refractivity contribution in [1.82, 2.24) is 0 Å². The normalized spacial score (nSPS) is 30.1. The Labute approximate surface area is 193 Å². The van der Waals surface area contributed by atoms with Crippen LogP contribution in [0.1, 0.15) is 73.3 Å². The van der Waals surface area contributed by atoms with Crippen molar-refractivity contribution in [2.75, 3.05) is 18.6 Å². The lowest BCUT2D eigenvalue weighted by atomic mass is 9.89. The lowest BCUT2D eigenvalue weighted by molar-refractivity contribution is -0.187. The Hall–Kier alpha value is -1.90. The number of hydrogen-bond acceptors (Lipinski definition) is 7. The van der Waals surface area contributed by atoms with Crippen molar-refractivity contribution in [3.05, 3.63) is 27.5 Å². The number of amides is 1. The van der Waals surface area contributed by atoms with Gasteiger partial charge in [-0.15, -0.1) is 11.3 Å². The SMILES string of the molecule is COC(=O)c1sc(C)cc1N(C(=O)OC1CC=C(C)CC1)C1CCC2(CC1)OCC(C)O2. The number of allylic oxidation sites excluding steroid dienone is 1. The summed E-state index contributed by atoms with van der Waals surface area (Å²) in [4.78, 5) is 29.1. The molecule has 1 spiro atoms. The maximum absolute atomic E-state index is 13.5. The molecule has 8 heteroatoms. The minimum atomic E-state index is -0.549. The predicted octanol–water partition coefficient (Wildman–Crippen LogP) is 5.36. The second-order valence-electron chi connectivity index (χ2n) is 9.14. The molecule has 2 heterocycles. The molecular weight excluding hydrogens is 430 g/mol. The van der Waals surface area contributed by atoms with E-state index in [1.54, 1.807) is 4.90 Å². The van der Waals surface area contributed by atoms with Crippen molar-refractivity contribution >= 4 is 29.1 Å². The van der Waals surface area contributed by atoms with Gasteiger partial charge in [0, 0.05) is 30.2 Å². The lowest BCUT2D eigenvalue weighted by Gasteiger charge is -2.40. The fraction of sp³-hybridized carbons (Fsp3) is 0.667. The van der Waals surface area contributed by atoms with Crippen molar-refractivity contribution in [3.63, 3.8) is 0 Å². The van der Waals surface area contributed by atoms with E-state index in [0.717, 1.165) is 24.1 Å². The van der Waals surface area contributed by atoms with E-state index in [0.29, 0.717) is 42.9 Å². The molecule has 0 N–H and O–H groups in total. The highest BCUT2D eigenvalue weighted by Crippen LogP contribution is 2.42. The second-order valence-corrected chi connectivity index (χ2v) is 10.4. The Morgan fingerprint density at radius 1 is 1.22 bits per heavy atom. The van der Waals surface area contributed by atoms with Crippen molar-refractivity contribution in [2.24, 2.45) is 0 Å². The average molecular weight is 464 g/mol. The zero-order valence-corrected chi connectivity index (χ0v) is 20.2. The van der Waals surface area contributed by atoms with Crippen LogP contribution in [0.3, 0.4) is 0 Å². The van der Waals surface area contributed by atoms with Gasteiger partial charge in [-0.1, -0.05) is 11.6 Å². The summed E-state index contributed by atoms with van der Waals surface area (Å²) in [6, 6.07) is 1.78. The van der Waals surface area contributed by atoms with Crippen LogP contribution in [0, 0.1) is 6.92 Å². The molecule has 7 nitrogen and oxygen atoms in total. The molecule has 32 heavy (non-hydrogen) atoms. The molecule has 2 aliphatic carbocycles. The number of hydrogen-bond donors (Lipinski definition) is 0. The molecule has 176 valence electrons. The van der Waals surface area contributed by atoms with Gasteiger partial charge in [-0.2, -0.15) is 0 Å². The van der Waals surface area contributed by atoms with Crippen LogP contribution in [0.4, 0.5) is 10.5 Å². The number of aryl methyl sites for hydroxylation is 1. The highest BCUT2D eigenvalue weighted by atomic mass is 32.1. The molecule has 1 saturated heterocycles. The molecule has 2 fully saturated rings. The number of ether oxygens (including phenoxy) is 4. The maximum atomic E-state index is 13.5.